The predicted octanol–water partition coefficient (Wildman–Crippen LogP) is 1.69. The lowest BCUT2D eigenvalue weighted by molar-refractivity contribution is -0.139. The zero-order chi connectivity index (χ0) is 15.4. The van der Waals surface area contributed by atoms with Crippen molar-refractivity contribution in [1.29, 1.82) is 5.26 Å². The maximum absolute atomic E-state index is 11.8. The number of carboxylic acid groups (broad SMARTS) is 1. The SMILES string of the molecule is Cc1cc(-c2ccccc2OCC(=O)O)c(C#N)c(=O)[nH]1. The van der Waals surface area contributed by atoms with Gasteiger partial charge in [-0.15, -0.1) is 0 Å². The lowest BCUT2D eigenvalue weighted by Gasteiger charge is -2.11. The quantitative estimate of drug-likeness (QED) is 0.889. The minimum atomic E-state index is -1.10. The number of nitrogens with one attached hydrogen (secondary N) is 1. The number of ether oxygens (including phenoxy) is 1. The second-order valence-corrected chi connectivity index (χ2v) is 4.36. The fourth-order valence-corrected chi connectivity index (χ4v) is 1.97. The molecule has 0 bridgehead atoms. The zero-order valence-corrected chi connectivity index (χ0v) is 11.2. The first-order chi connectivity index (χ1) is 10.0. The average molecular weight is 284 g/mol. The molecule has 0 aliphatic heterocycles. The van der Waals surface area contributed by atoms with Gasteiger partial charge >= 0.3 is 5.97 Å². The largest absolute Gasteiger partial charge is 0.481 e. The monoisotopic (exact) mass is 284 g/mol. The molecule has 0 fully saturated rings. The maximum Gasteiger partial charge on any atom is 0.341 e. The van der Waals surface area contributed by atoms with Crippen LogP contribution in [0.3, 0.4) is 0 Å². The number of carbonyl (C=O) groups is 1. The summed E-state index contributed by atoms with van der Waals surface area (Å²) in [6, 6.07) is 10.2. The Kier molecular flexibility index (Phi) is 4.05. The molecule has 0 unspecified atom stereocenters. The summed E-state index contributed by atoms with van der Waals surface area (Å²) in [7, 11) is 0. The molecule has 2 N–H and O–H groups in total. The third-order valence-corrected chi connectivity index (χ3v) is 2.81. The van der Waals surface area contributed by atoms with E-state index in [0.29, 0.717) is 22.6 Å². The molecule has 21 heavy (non-hydrogen) atoms. The predicted molar refractivity (Wildman–Crippen MR) is 75.1 cm³/mol. The van der Waals surface area contributed by atoms with Crippen LogP contribution in [0.5, 0.6) is 5.75 Å². The molecule has 1 aromatic heterocycles. The Hall–Kier alpha value is -3.07. The van der Waals surface area contributed by atoms with Crippen LogP contribution in [0.25, 0.3) is 11.1 Å². The summed E-state index contributed by atoms with van der Waals surface area (Å²) in [5.41, 5.74) is 0.999. The Morgan fingerprint density at radius 2 is 2.10 bits per heavy atom. The van der Waals surface area contributed by atoms with Crippen LogP contribution < -0.4 is 10.3 Å². The molecule has 0 atom stereocenters. The summed E-state index contributed by atoms with van der Waals surface area (Å²) >= 11 is 0. The van der Waals surface area contributed by atoms with Crippen molar-refractivity contribution in [3.05, 3.63) is 51.9 Å². The number of pyridine rings is 1. The fourth-order valence-electron chi connectivity index (χ4n) is 1.97. The smallest absolute Gasteiger partial charge is 0.341 e. The molecule has 1 aromatic carbocycles. The molecular weight excluding hydrogens is 272 g/mol. The van der Waals surface area contributed by atoms with Gasteiger partial charge in [-0.25, -0.2) is 4.79 Å². The Bertz CT molecular complexity index is 787. The maximum atomic E-state index is 11.8. The van der Waals surface area contributed by atoms with Crippen LogP contribution in [0.15, 0.2) is 35.1 Å². The Morgan fingerprint density at radius 3 is 2.76 bits per heavy atom. The number of benzene rings is 1. The number of aryl methyl sites for hydroxylation is 1. The van der Waals surface area contributed by atoms with Crippen LogP contribution in [-0.4, -0.2) is 22.7 Å². The number of hydrogen-bond acceptors (Lipinski definition) is 4. The van der Waals surface area contributed by atoms with E-state index < -0.39 is 18.1 Å². The summed E-state index contributed by atoms with van der Waals surface area (Å²) in [6.07, 6.45) is 0. The number of aliphatic carboxylic acids is 1. The van der Waals surface area contributed by atoms with E-state index in [2.05, 4.69) is 4.98 Å². The average Bonchev–Trinajstić information content (AvgIpc) is 2.44. The van der Waals surface area contributed by atoms with Crippen LogP contribution in [-0.2, 0) is 4.79 Å². The summed E-state index contributed by atoms with van der Waals surface area (Å²) in [4.78, 5) is 25.0. The second kappa shape index (κ2) is 5.92. The van der Waals surface area contributed by atoms with Gasteiger partial charge in [-0.2, -0.15) is 5.26 Å². The topological polar surface area (TPSA) is 103 Å². The number of rotatable bonds is 4. The highest BCUT2D eigenvalue weighted by molar-refractivity contribution is 5.76. The summed E-state index contributed by atoms with van der Waals surface area (Å²) < 4.78 is 5.21. The van der Waals surface area contributed by atoms with Crippen LogP contribution in [0.1, 0.15) is 11.3 Å². The van der Waals surface area contributed by atoms with Gasteiger partial charge in [0.05, 0.1) is 0 Å². The molecule has 2 rings (SSSR count). The Morgan fingerprint density at radius 1 is 1.38 bits per heavy atom. The zero-order valence-electron chi connectivity index (χ0n) is 11.2. The number of aromatic amines is 1. The number of aromatic nitrogens is 1. The molecule has 0 aliphatic rings. The van der Waals surface area contributed by atoms with E-state index in [-0.39, 0.29) is 5.56 Å². The van der Waals surface area contributed by atoms with Crippen LogP contribution in [0, 0.1) is 18.3 Å². The fraction of sp³-hybridized carbons (Fsp3) is 0.133. The third kappa shape index (κ3) is 3.09. The first kappa shape index (κ1) is 14.3. The normalized spacial score (nSPS) is 9.90. The minimum Gasteiger partial charge on any atom is -0.481 e. The number of carboxylic acids is 1. The van der Waals surface area contributed by atoms with E-state index in [1.165, 1.54) is 0 Å². The van der Waals surface area contributed by atoms with Crippen molar-refractivity contribution in [2.24, 2.45) is 0 Å². The summed E-state index contributed by atoms with van der Waals surface area (Å²) in [5.74, 6) is -0.797. The van der Waals surface area contributed by atoms with Crippen molar-refractivity contribution in [3.8, 4) is 22.9 Å². The number of hydrogen-bond donors (Lipinski definition) is 2. The van der Waals surface area contributed by atoms with Gasteiger partial charge in [-0.05, 0) is 19.1 Å². The van der Waals surface area contributed by atoms with E-state index in [1.54, 1.807) is 37.3 Å². The van der Waals surface area contributed by atoms with E-state index in [0.717, 1.165) is 0 Å². The van der Waals surface area contributed by atoms with Gasteiger partial charge in [0.1, 0.15) is 17.4 Å². The number of H-pyrrole nitrogens is 1. The molecule has 1 heterocycles. The Labute approximate surface area is 120 Å². The first-order valence-corrected chi connectivity index (χ1v) is 6.11. The van der Waals surface area contributed by atoms with Gasteiger partial charge in [0.15, 0.2) is 6.61 Å². The molecule has 106 valence electrons. The standard InChI is InChI=1S/C15H12N2O4/c1-9-6-11(12(7-16)15(20)17-9)10-4-2-3-5-13(10)21-8-14(18)19/h2-6H,8H2,1H3,(H,17,20)(H,18,19). The van der Waals surface area contributed by atoms with Gasteiger partial charge in [-0.1, -0.05) is 18.2 Å². The molecule has 0 radical (unpaired) electrons. The van der Waals surface area contributed by atoms with Crippen LogP contribution in [0.4, 0.5) is 0 Å². The highest BCUT2D eigenvalue weighted by Crippen LogP contribution is 2.31. The van der Waals surface area contributed by atoms with Crippen molar-refractivity contribution < 1.29 is 14.6 Å². The highest BCUT2D eigenvalue weighted by Gasteiger charge is 2.14. The molecule has 2 aromatic rings. The molecule has 0 spiro atoms. The first-order valence-electron chi connectivity index (χ1n) is 6.11. The molecule has 6 heteroatoms. The van der Waals surface area contributed by atoms with Crippen molar-refractivity contribution in [2.45, 2.75) is 6.92 Å². The van der Waals surface area contributed by atoms with Crippen molar-refractivity contribution in [3.63, 3.8) is 0 Å². The number of nitriles is 1. The Balaban J connectivity index is 2.60. The van der Waals surface area contributed by atoms with Crippen molar-refractivity contribution in [2.75, 3.05) is 6.61 Å². The van der Waals surface area contributed by atoms with Crippen LogP contribution >= 0.6 is 0 Å². The van der Waals surface area contributed by atoms with Crippen molar-refractivity contribution >= 4 is 5.97 Å². The second-order valence-electron chi connectivity index (χ2n) is 4.36. The summed E-state index contributed by atoms with van der Waals surface area (Å²) in [6.45, 7) is 1.20. The lowest BCUT2D eigenvalue weighted by Crippen LogP contribution is -2.14. The highest BCUT2D eigenvalue weighted by atomic mass is 16.5. The van der Waals surface area contributed by atoms with Gasteiger partial charge < -0.3 is 14.8 Å². The van der Waals surface area contributed by atoms with Crippen molar-refractivity contribution in [1.82, 2.24) is 4.98 Å². The number of para-hydroxylation sites is 1. The lowest BCUT2D eigenvalue weighted by atomic mass is 10.0. The minimum absolute atomic E-state index is 0.0352. The molecule has 0 amide bonds. The molecule has 0 saturated heterocycles. The summed E-state index contributed by atoms with van der Waals surface area (Å²) in [5, 5.41) is 17.8. The van der Waals surface area contributed by atoms with Gasteiger partial charge in [0, 0.05) is 16.8 Å². The van der Waals surface area contributed by atoms with E-state index in [1.807, 2.05) is 6.07 Å². The van der Waals surface area contributed by atoms with Gasteiger partial charge in [0.2, 0.25) is 0 Å². The third-order valence-electron chi connectivity index (χ3n) is 2.81. The molecular formula is C15H12N2O4. The van der Waals surface area contributed by atoms with Gasteiger partial charge in [0.25, 0.3) is 5.56 Å². The van der Waals surface area contributed by atoms with E-state index in [4.69, 9.17) is 15.1 Å². The van der Waals surface area contributed by atoms with Gasteiger partial charge in [-0.3, -0.25) is 4.79 Å². The molecule has 6 nitrogen and oxygen atoms in total. The van der Waals surface area contributed by atoms with E-state index >= 15 is 0 Å². The molecule has 0 aliphatic carbocycles. The number of nitrogens with zero attached hydrogens (tertiary/aromatic N) is 1. The molecule has 0 saturated carbocycles. The van der Waals surface area contributed by atoms with E-state index in [9.17, 15) is 9.59 Å². The van der Waals surface area contributed by atoms with Crippen LogP contribution in [0.2, 0.25) is 0 Å².